The lowest BCUT2D eigenvalue weighted by molar-refractivity contribution is 0.0652. The van der Waals surface area contributed by atoms with Crippen molar-refractivity contribution in [1.29, 1.82) is 0 Å². The minimum absolute atomic E-state index is 0.276. The third-order valence-corrected chi connectivity index (χ3v) is 4.61. The van der Waals surface area contributed by atoms with E-state index in [2.05, 4.69) is 5.32 Å². The Kier molecular flexibility index (Phi) is 5.16. The number of nitrogens with one attached hydrogen (secondary N) is 1. The molecule has 1 aliphatic rings. The van der Waals surface area contributed by atoms with Crippen LogP contribution in [-0.2, 0) is 6.42 Å². The van der Waals surface area contributed by atoms with Crippen LogP contribution in [0.2, 0.25) is 0 Å². The van der Waals surface area contributed by atoms with Crippen LogP contribution in [0.3, 0.4) is 0 Å². The first kappa shape index (κ1) is 17.9. The van der Waals surface area contributed by atoms with Crippen LogP contribution in [0.4, 0.5) is 5.69 Å². The van der Waals surface area contributed by atoms with E-state index in [0.29, 0.717) is 23.2 Å². The van der Waals surface area contributed by atoms with Gasteiger partial charge in [-0.25, -0.2) is 0 Å². The van der Waals surface area contributed by atoms with E-state index in [9.17, 15) is 14.4 Å². The molecule has 134 valence electrons. The van der Waals surface area contributed by atoms with Crippen LogP contribution in [-0.4, -0.2) is 29.2 Å². The van der Waals surface area contributed by atoms with E-state index in [-0.39, 0.29) is 17.7 Å². The molecule has 1 aliphatic heterocycles. The summed E-state index contributed by atoms with van der Waals surface area (Å²) in [4.78, 5) is 38.8. The molecule has 1 N–H and O–H groups in total. The molecule has 0 radical (unpaired) electrons. The second-order valence-corrected chi connectivity index (χ2v) is 6.34. The van der Waals surface area contributed by atoms with E-state index in [4.69, 9.17) is 0 Å². The normalized spacial score (nSPS) is 13.1. The van der Waals surface area contributed by atoms with Crippen molar-refractivity contribution in [1.82, 2.24) is 4.90 Å². The maximum Gasteiger partial charge on any atom is 0.261 e. The first-order valence-electron chi connectivity index (χ1n) is 8.96. The van der Waals surface area contributed by atoms with Crippen LogP contribution >= 0.6 is 0 Å². The summed E-state index contributed by atoms with van der Waals surface area (Å²) in [6, 6.07) is 12.3. The molecule has 5 heteroatoms. The molecule has 0 unspecified atom stereocenters. The number of hydrogen-bond acceptors (Lipinski definition) is 3. The molecular formula is C21H22N2O3. The standard InChI is InChI=1S/C21H22N2O3/c1-3-5-12-23-20(25)16-11-10-15(13-17(16)21(23)26)19(24)22-18-9-7-6-8-14(18)4-2/h6-11,13H,3-5,12H2,1-2H3,(H,22,24). The largest absolute Gasteiger partial charge is 0.322 e. The molecule has 1 heterocycles. The van der Waals surface area contributed by atoms with Gasteiger partial charge in [-0.05, 0) is 42.7 Å². The predicted molar refractivity (Wildman–Crippen MR) is 100 cm³/mol. The summed E-state index contributed by atoms with van der Waals surface area (Å²) < 4.78 is 0. The van der Waals surface area contributed by atoms with Crippen molar-refractivity contribution in [3.05, 3.63) is 64.7 Å². The molecule has 0 aliphatic carbocycles. The van der Waals surface area contributed by atoms with Gasteiger partial charge >= 0.3 is 0 Å². The van der Waals surface area contributed by atoms with E-state index in [1.165, 1.54) is 11.0 Å². The molecule has 0 spiro atoms. The second-order valence-electron chi connectivity index (χ2n) is 6.34. The Balaban J connectivity index is 1.84. The molecular weight excluding hydrogens is 328 g/mol. The Morgan fingerprint density at radius 3 is 2.46 bits per heavy atom. The Labute approximate surface area is 153 Å². The fourth-order valence-electron chi connectivity index (χ4n) is 3.10. The van der Waals surface area contributed by atoms with Crippen LogP contribution in [0.5, 0.6) is 0 Å². The minimum Gasteiger partial charge on any atom is -0.322 e. The molecule has 0 fully saturated rings. The zero-order valence-corrected chi connectivity index (χ0v) is 15.0. The lowest BCUT2D eigenvalue weighted by atomic mass is 10.0. The number of hydrogen-bond donors (Lipinski definition) is 1. The summed E-state index contributed by atoms with van der Waals surface area (Å²) in [7, 11) is 0. The van der Waals surface area contributed by atoms with Crippen molar-refractivity contribution in [2.24, 2.45) is 0 Å². The van der Waals surface area contributed by atoms with Gasteiger partial charge in [0.1, 0.15) is 0 Å². The summed E-state index contributed by atoms with van der Waals surface area (Å²) >= 11 is 0. The Morgan fingerprint density at radius 1 is 1.00 bits per heavy atom. The highest BCUT2D eigenvalue weighted by Gasteiger charge is 2.35. The van der Waals surface area contributed by atoms with Gasteiger partial charge in [0.2, 0.25) is 0 Å². The zero-order valence-electron chi connectivity index (χ0n) is 15.0. The molecule has 0 bridgehead atoms. The maximum absolute atomic E-state index is 12.6. The van der Waals surface area contributed by atoms with Crippen LogP contribution in [0.25, 0.3) is 0 Å². The molecule has 0 saturated heterocycles. The SMILES string of the molecule is CCCCN1C(=O)c2ccc(C(=O)Nc3ccccc3CC)cc2C1=O. The monoisotopic (exact) mass is 350 g/mol. The summed E-state index contributed by atoms with van der Waals surface area (Å²) in [5.41, 5.74) is 2.85. The van der Waals surface area contributed by atoms with E-state index in [0.717, 1.165) is 30.5 Å². The molecule has 0 aromatic heterocycles. The second kappa shape index (κ2) is 7.52. The van der Waals surface area contributed by atoms with E-state index < -0.39 is 0 Å². The average Bonchev–Trinajstić information content (AvgIpc) is 2.90. The zero-order chi connectivity index (χ0) is 18.7. The summed E-state index contributed by atoms with van der Waals surface area (Å²) in [5.74, 6) is -0.884. The highest BCUT2D eigenvalue weighted by Crippen LogP contribution is 2.25. The highest BCUT2D eigenvalue weighted by atomic mass is 16.2. The van der Waals surface area contributed by atoms with Gasteiger partial charge in [-0.3, -0.25) is 19.3 Å². The highest BCUT2D eigenvalue weighted by molar-refractivity contribution is 6.22. The third-order valence-electron chi connectivity index (χ3n) is 4.61. The molecule has 2 aromatic carbocycles. The van der Waals surface area contributed by atoms with Crippen molar-refractivity contribution < 1.29 is 14.4 Å². The summed E-state index contributed by atoms with van der Waals surface area (Å²) in [6.45, 7) is 4.44. The Hall–Kier alpha value is -2.95. The van der Waals surface area contributed by atoms with Gasteiger partial charge in [0.15, 0.2) is 0 Å². The van der Waals surface area contributed by atoms with Gasteiger partial charge in [0, 0.05) is 17.8 Å². The van der Waals surface area contributed by atoms with Gasteiger partial charge in [0.25, 0.3) is 17.7 Å². The minimum atomic E-state index is -0.318. The smallest absolute Gasteiger partial charge is 0.261 e. The number of benzene rings is 2. The number of amides is 3. The topological polar surface area (TPSA) is 66.5 Å². The first-order chi connectivity index (χ1) is 12.6. The van der Waals surface area contributed by atoms with Gasteiger partial charge in [-0.1, -0.05) is 38.5 Å². The molecule has 3 rings (SSSR count). The number of imide groups is 1. The molecule has 26 heavy (non-hydrogen) atoms. The van der Waals surface area contributed by atoms with E-state index in [1.54, 1.807) is 12.1 Å². The van der Waals surface area contributed by atoms with Crippen molar-refractivity contribution in [3.8, 4) is 0 Å². The van der Waals surface area contributed by atoms with E-state index in [1.807, 2.05) is 38.1 Å². The molecule has 3 amide bonds. The first-order valence-corrected chi connectivity index (χ1v) is 8.96. The Morgan fingerprint density at radius 2 is 1.73 bits per heavy atom. The fraction of sp³-hybridized carbons (Fsp3) is 0.286. The molecule has 5 nitrogen and oxygen atoms in total. The number of fused-ring (bicyclic) bond motifs is 1. The number of rotatable bonds is 6. The summed E-state index contributed by atoms with van der Waals surface area (Å²) in [6.07, 6.45) is 2.48. The third kappa shape index (κ3) is 3.25. The number of carbonyl (C=O) groups is 3. The quantitative estimate of drug-likeness (QED) is 0.804. The number of anilines is 1. The number of para-hydroxylation sites is 1. The van der Waals surface area contributed by atoms with Crippen molar-refractivity contribution in [2.45, 2.75) is 33.1 Å². The lowest BCUT2D eigenvalue weighted by Crippen LogP contribution is -2.30. The Bertz CT molecular complexity index is 873. The van der Waals surface area contributed by atoms with Crippen LogP contribution in [0.1, 0.15) is 63.3 Å². The van der Waals surface area contributed by atoms with Gasteiger partial charge < -0.3 is 5.32 Å². The van der Waals surface area contributed by atoms with Gasteiger partial charge in [0.05, 0.1) is 11.1 Å². The molecule has 2 aromatic rings. The predicted octanol–water partition coefficient (Wildman–Crippen LogP) is 3.90. The average molecular weight is 350 g/mol. The molecule has 0 saturated carbocycles. The number of carbonyl (C=O) groups excluding carboxylic acids is 3. The van der Waals surface area contributed by atoms with Crippen molar-refractivity contribution in [2.75, 3.05) is 11.9 Å². The van der Waals surface area contributed by atoms with Gasteiger partial charge in [-0.15, -0.1) is 0 Å². The van der Waals surface area contributed by atoms with Crippen LogP contribution in [0.15, 0.2) is 42.5 Å². The fourth-order valence-corrected chi connectivity index (χ4v) is 3.10. The summed E-state index contributed by atoms with van der Waals surface area (Å²) in [5, 5.41) is 2.89. The lowest BCUT2D eigenvalue weighted by Gasteiger charge is -2.12. The van der Waals surface area contributed by atoms with Crippen molar-refractivity contribution >= 4 is 23.4 Å². The maximum atomic E-state index is 12.6. The number of nitrogens with zero attached hydrogens (tertiary/aromatic N) is 1. The number of aryl methyl sites for hydroxylation is 1. The van der Waals surface area contributed by atoms with Gasteiger partial charge in [-0.2, -0.15) is 0 Å². The van der Waals surface area contributed by atoms with Crippen molar-refractivity contribution in [3.63, 3.8) is 0 Å². The van der Waals surface area contributed by atoms with Crippen LogP contribution in [0, 0.1) is 0 Å². The number of unbranched alkanes of at least 4 members (excludes halogenated alkanes) is 1. The van der Waals surface area contributed by atoms with E-state index >= 15 is 0 Å². The molecule has 0 atom stereocenters. The van der Waals surface area contributed by atoms with Crippen LogP contribution < -0.4 is 5.32 Å².